The zero-order valence-corrected chi connectivity index (χ0v) is 21.2. The molecule has 1 unspecified atom stereocenters. The molecular weight excluding hydrogens is 440 g/mol. The number of nitriles is 1. The largest absolute Gasteiger partial charge is 0.489 e. The number of ether oxygens (including phenoxy) is 2. The fourth-order valence-electron chi connectivity index (χ4n) is 4.53. The first kappa shape index (κ1) is 26.7. The molecule has 0 amide bonds. The zero-order chi connectivity index (χ0) is 25.3. The first-order valence-corrected chi connectivity index (χ1v) is 12.6. The Kier molecular flexibility index (Phi) is 9.71. The maximum Gasteiger partial charge on any atom is 0.306 e. The number of hydrogen-bond donors (Lipinski definition) is 2. The number of rotatable bonds is 12. The van der Waals surface area contributed by atoms with Gasteiger partial charge in [-0.05, 0) is 93.7 Å². The van der Waals surface area contributed by atoms with Crippen LogP contribution in [0, 0.1) is 11.3 Å². The normalized spacial score (nSPS) is 14.0. The fourth-order valence-corrected chi connectivity index (χ4v) is 4.53. The van der Waals surface area contributed by atoms with Gasteiger partial charge in [-0.15, -0.1) is 0 Å². The summed E-state index contributed by atoms with van der Waals surface area (Å²) in [6.07, 6.45) is 5.84. The second kappa shape index (κ2) is 12.7. The van der Waals surface area contributed by atoms with Gasteiger partial charge < -0.3 is 19.9 Å². The molecule has 2 aromatic rings. The van der Waals surface area contributed by atoms with E-state index >= 15 is 0 Å². The Morgan fingerprint density at radius 3 is 2.63 bits per heavy atom. The molecule has 6 heteroatoms. The van der Waals surface area contributed by atoms with E-state index in [4.69, 9.17) is 9.47 Å². The Balaban J connectivity index is 1.47. The maximum absolute atomic E-state index is 11.6. The third kappa shape index (κ3) is 8.38. The molecule has 0 fully saturated rings. The van der Waals surface area contributed by atoms with Crippen LogP contribution in [0.3, 0.4) is 0 Å². The molecule has 1 aliphatic carbocycles. The number of β-amino-alcohol motifs (C(OH)–C–C–N with tert-alkyl or cyclic N) is 1. The van der Waals surface area contributed by atoms with Crippen molar-refractivity contribution in [2.75, 3.05) is 19.8 Å². The molecule has 2 aromatic carbocycles. The van der Waals surface area contributed by atoms with E-state index in [1.165, 1.54) is 42.4 Å². The second-order valence-electron chi connectivity index (χ2n) is 9.96. The number of benzene rings is 2. The molecule has 1 aliphatic rings. The van der Waals surface area contributed by atoms with Gasteiger partial charge in [0.25, 0.3) is 0 Å². The van der Waals surface area contributed by atoms with Crippen LogP contribution < -0.4 is 10.1 Å². The average Bonchev–Trinajstić information content (AvgIpc) is 2.85. The van der Waals surface area contributed by atoms with Crippen LogP contribution in [0.15, 0.2) is 36.4 Å². The van der Waals surface area contributed by atoms with Gasteiger partial charge in [0.1, 0.15) is 24.5 Å². The number of carbonyl (C=O) groups is 1. The molecule has 6 nitrogen and oxygen atoms in total. The predicted octanol–water partition coefficient (Wildman–Crippen LogP) is 4.28. The molecule has 0 spiro atoms. The van der Waals surface area contributed by atoms with Crippen molar-refractivity contribution in [2.24, 2.45) is 0 Å². The van der Waals surface area contributed by atoms with Crippen molar-refractivity contribution in [3.8, 4) is 11.8 Å². The van der Waals surface area contributed by atoms with E-state index < -0.39 is 6.10 Å². The van der Waals surface area contributed by atoms with Crippen LogP contribution in [0.4, 0.5) is 0 Å². The first-order chi connectivity index (χ1) is 16.8. The number of aliphatic hydroxyl groups excluding tert-OH is 1. The Hall–Kier alpha value is -2.88. The van der Waals surface area contributed by atoms with E-state index in [1.54, 1.807) is 19.1 Å². The molecule has 35 heavy (non-hydrogen) atoms. The van der Waals surface area contributed by atoms with Crippen molar-refractivity contribution in [3.05, 3.63) is 64.2 Å². The smallest absolute Gasteiger partial charge is 0.306 e. The summed E-state index contributed by atoms with van der Waals surface area (Å²) >= 11 is 0. The van der Waals surface area contributed by atoms with E-state index in [1.807, 2.05) is 6.07 Å². The Bertz CT molecular complexity index is 1040. The van der Waals surface area contributed by atoms with E-state index in [2.05, 4.69) is 43.4 Å². The molecule has 0 saturated carbocycles. The van der Waals surface area contributed by atoms with Gasteiger partial charge in [-0.1, -0.05) is 24.3 Å². The number of aliphatic hydroxyl groups is 1. The number of hydrogen-bond acceptors (Lipinski definition) is 6. The average molecular weight is 479 g/mol. The standard InChI is InChI=1S/C29H38N2O4/c1-4-34-28(33)14-11-21-10-13-27(25(15-21)18-30)35-20-26(32)19-31-29(2,3)17-22-9-12-23-7-5-6-8-24(23)16-22/h9-10,12-13,15-16,26,31-32H,4-8,11,14,17,19-20H2,1-3H3. The van der Waals surface area contributed by atoms with Gasteiger partial charge in [-0.25, -0.2) is 0 Å². The van der Waals surface area contributed by atoms with Gasteiger partial charge in [0, 0.05) is 18.5 Å². The van der Waals surface area contributed by atoms with Crippen molar-refractivity contribution in [2.45, 2.75) is 77.4 Å². The van der Waals surface area contributed by atoms with Crippen molar-refractivity contribution < 1.29 is 19.4 Å². The SMILES string of the molecule is CCOC(=O)CCc1ccc(OCC(O)CNC(C)(C)Cc2ccc3c(c2)CCCC3)c(C#N)c1. The topological polar surface area (TPSA) is 91.6 Å². The van der Waals surface area contributed by atoms with Gasteiger partial charge >= 0.3 is 5.97 Å². The van der Waals surface area contributed by atoms with Crippen LogP contribution in [0.25, 0.3) is 0 Å². The van der Waals surface area contributed by atoms with Crippen LogP contribution >= 0.6 is 0 Å². The minimum Gasteiger partial charge on any atom is -0.489 e. The summed E-state index contributed by atoms with van der Waals surface area (Å²) in [5, 5.41) is 23.4. The van der Waals surface area contributed by atoms with E-state index in [0.29, 0.717) is 30.9 Å². The zero-order valence-electron chi connectivity index (χ0n) is 21.2. The summed E-state index contributed by atoms with van der Waals surface area (Å²) in [7, 11) is 0. The summed E-state index contributed by atoms with van der Waals surface area (Å²) in [6, 6.07) is 14.3. The highest BCUT2D eigenvalue weighted by atomic mass is 16.5. The summed E-state index contributed by atoms with van der Waals surface area (Å²) in [5.74, 6) is 0.177. The van der Waals surface area contributed by atoms with Crippen LogP contribution in [0.5, 0.6) is 5.75 Å². The number of nitrogens with one attached hydrogen (secondary N) is 1. The van der Waals surface area contributed by atoms with Crippen LogP contribution in [0.1, 0.15) is 67.9 Å². The monoisotopic (exact) mass is 478 g/mol. The number of carbonyl (C=O) groups excluding carboxylic acids is 1. The molecule has 0 saturated heterocycles. The lowest BCUT2D eigenvalue weighted by Crippen LogP contribution is -2.46. The summed E-state index contributed by atoms with van der Waals surface area (Å²) in [4.78, 5) is 11.6. The minimum atomic E-state index is -0.715. The number of nitrogens with zero attached hydrogens (tertiary/aromatic N) is 1. The molecule has 3 rings (SSSR count). The van der Waals surface area contributed by atoms with Crippen molar-refractivity contribution >= 4 is 5.97 Å². The summed E-state index contributed by atoms with van der Waals surface area (Å²) in [6.45, 7) is 6.89. The molecule has 0 heterocycles. The predicted molar refractivity (Wildman–Crippen MR) is 136 cm³/mol. The van der Waals surface area contributed by atoms with Crippen LogP contribution in [-0.2, 0) is 35.2 Å². The lowest BCUT2D eigenvalue weighted by atomic mass is 9.87. The van der Waals surface area contributed by atoms with E-state index in [9.17, 15) is 15.2 Å². The van der Waals surface area contributed by atoms with Gasteiger partial charge in [0.15, 0.2) is 0 Å². The third-order valence-corrected chi connectivity index (χ3v) is 6.39. The lowest BCUT2D eigenvalue weighted by molar-refractivity contribution is -0.143. The molecule has 0 aromatic heterocycles. The van der Waals surface area contributed by atoms with Gasteiger partial charge in [-0.2, -0.15) is 5.26 Å². The second-order valence-corrected chi connectivity index (χ2v) is 9.96. The van der Waals surface area contributed by atoms with Gasteiger partial charge in [-0.3, -0.25) is 4.79 Å². The Labute approximate surface area is 209 Å². The van der Waals surface area contributed by atoms with E-state index in [-0.39, 0.29) is 24.5 Å². The minimum absolute atomic E-state index is 0.0821. The molecule has 1 atom stereocenters. The Morgan fingerprint density at radius 1 is 1.14 bits per heavy atom. The summed E-state index contributed by atoms with van der Waals surface area (Å²) < 4.78 is 10.7. The van der Waals surface area contributed by atoms with Gasteiger partial charge in [0.05, 0.1) is 12.2 Å². The summed E-state index contributed by atoms with van der Waals surface area (Å²) in [5.41, 5.74) is 5.37. The molecule has 2 N–H and O–H groups in total. The lowest BCUT2D eigenvalue weighted by Gasteiger charge is -2.29. The molecule has 0 radical (unpaired) electrons. The maximum atomic E-state index is 11.6. The quantitative estimate of drug-likeness (QED) is 0.443. The highest BCUT2D eigenvalue weighted by Gasteiger charge is 2.21. The molecule has 188 valence electrons. The van der Waals surface area contributed by atoms with Crippen molar-refractivity contribution in [3.63, 3.8) is 0 Å². The highest BCUT2D eigenvalue weighted by Crippen LogP contribution is 2.24. The van der Waals surface area contributed by atoms with Gasteiger partial charge in [0.2, 0.25) is 0 Å². The number of aryl methyl sites for hydroxylation is 3. The highest BCUT2D eigenvalue weighted by molar-refractivity contribution is 5.69. The molecule has 0 bridgehead atoms. The Morgan fingerprint density at radius 2 is 1.89 bits per heavy atom. The van der Waals surface area contributed by atoms with Crippen LogP contribution in [0.2, 0.25) is 0 Å². The number of esters is 1. The third-order valence-electron chi connectivity index (χ3n) is 6.39. The van der Waals surface area contributed by atoms with Crippen LogP contribution in [-0.4, -0.2) is 42.5 Å². The molecule has 0 aliphatic heterocycles. The van der Waals surface area contributed by atoms with Crippen molar-refractivity contribution in [1.29, 1.82) is 5.26 Å². The number of fused-ring (bicyclic) bond motifs is 1. The van der Waals surface area contributed by atoms with Crippen molar-refractivity contribution in [1.82, 2.24) is 5.32 Å². The molecular formula is C29H38N2O4. The van der Waals surface area contributed by atoms with E-state index in [0.717, 1.165) is 12.0 Å². The first-order valence-electron chi connectivity index (χ1n) is 12.6. The fraction of sp³-hybridized carbons (Fsp3) is 0.517.